The van der Waals surface area contributed by atoms with Gasteiger partial charge in [0, 0.05) is 19.4 Å². The van der Waals surface area contributed by atoms with Crippen molar-refractivity contribution in [2.24, 2.45) is 52.3 Å². The molecule has 6 aliphatic rings. The van der Waals surface area contributed by atoms with E-state index < -0.39 is 0 Å². The van der Waals surface area contributed by atoms with Crippen LogP contribution < -0.4 is 5.32 Å². The lowest BCUT2D eigenvalue weighted by molar-refractivity contribution is -0.162. The summed E-state index contributed by atoms with van der Waals surface area (Å²) < 4.78 is 12.7. The first kappa shape index (κ1) is 22.8. The Morgan fingerprint density at radius 2 is 1.73 bits per heavy atom. The van der Waals surface area contributed by atoms with E-state index >= 15 is 0 Å². The van der Waals surface area contributed by atoms with Gasteiger partial charge < -0.3 is 9.47 Å². The first-order valence-electron chi connectivity index (χ1n) is 14.3. The Morgan fingerprint density at radius 3 is 2.45 bits per heavy atom. The number of rotatable bonds is 1. The van der Waals surface area contributed by atoms with Crippen molar-refractivity contribution in [3.05, 3.63) is 0 Å². The van der Waals surface area contributed by atoms with Gasteiger partial charge in [0.2, 0.25) is 0 Å². The molecular weight excluding hydrogens is 410 g/mol. The summed E-state index contributed by atoms with van der Waals surface area (Å²) in [5.74, 6) is 5.29. The minimum Gasteiger partial charge on any atom is -0.463 e. The van der Waals surface area contributed by atoms with Crippen molar-refractivity contribution in [1.82, 2.24) is 5.32 Å². The summed E-state index contributed by atoms with van der Waals surface area (Å²) >= 11 is 0. The molecule has 0 amide bonds. The first-order valence-corrected chi connectivity index (χ1v) is 14.3. The molecule has 4 heteroatoms. The highest BCUT2D eigenvalue weighted by Gasteiger charge is 2.68. The zero-order chi connectivity index (χ0) is 23.2. The van der Waals surface area contributed by atoms with Crippen molar-refractivity contribution in [1.29, 1.82) is 0 Å². The van der Waals surface area contributed by atoms with Crippen LogP contribution in [0.4, 0.5) is 0 Å². The van der Waals surface area contributed by atoms with Gasteiger partial charge in [-0.25, -0.2) is 0 Å². The molecule has 186 valence electrons. The third kappa shape index (κ3) is 3.25. The van der Waals surface area contributed by atoms with E-state index in [2.05, 4.69) is 33.0 Å². The predicted molar refractivity (Wildman–Crippen MR) is 129 cm³/mol. The molecule has 4 aliphatic carbocycles. The molecule has 33 heavy (non-hydrogen) atoms. The van der Waals surface area contributed by atoms with E-state index in [0.717, 1.165) is 54.9 Å². The van der Waals surface area contributed by atoms with E-state index in [9.17, 15) is 4.79 Å². The average molecular weight is 458 g/mol. The summed E-state index contributed by atoms with van der Waals surface area (Å²) in [6.07, 6.45) is 13.3. The number of carbonyl (C=O) groups is 1. The summed E-state index contributed by atoms with van der Waals surface area (Å²) in [6.45, 7) is 12.8. The lowest BCUT2D eigenvalue weighted by Crippen LogP contribution is -2.57. The van der Waals surface area contributed by atoms with Crippen LogP contribution in [0.2, 0.25) is 0 Å². The molecule has 0 bridgehead atoms. The SMILES string of the molecule is CC(=O)O[C@@H]1CC[C@]2(C)C3CC[C@@]4(C)C(C[C@@H]5O[C@]6(CC[C@@H](C)CN6)[C@@H](C)[C@@H]54)C3CC[C@H]2C1. The molecule has 3 unspecified atom stereocenters. The third-order valence-electron chi connectivity index (χ3n) is 12.4. The molecular formula is C29H47NO3. The fourth-order valence-electron chi connectivity index (χ4n) is 10.8. The molecule has 0 aromatic carbocycles. The maximum atomic E-state index is 11.6. The molecule has 6 rings (SSSR count). The molecule has 0 aromatic rings. The van der Waals surface area contributed by atoms with Crippen molar-refractivity contribution in [2.45, 2.75) is 117 Å². The van der Waals surface area contributed by atoms with Gasteiger partial charge >= 0.3 is 5.97 Å². The third-order valence-corrected chi connectivity index (χ3v) is 12.4. The minimum absolute atomic E-state index is 0.0502. The van der Waals surface area contributed by atoms with Gasteiger partial charge in [-0.1, -0.05) is 27.7 Å². The van der Waals surface area contributed by atoms with Gasteiger partial charge in [-0.15, -0.1) is 0 Å². The van der Waals surface area contributed by atoms with Crippen LogP contribution in [0.5, 0.6) is 0 Å². The van der Waals surface area contributed by atoms with Crippen LogP contribution in [-0.4, -0.2) is 30.4 Å². The molecule has 2 saturated heterocycles. The standard InChI is InChI=1S/C29H47NO3/c1-17-8-13-29(30-16-17)18(2)26-25(33-29)15-24-22-7-6-20-14-21(32-19(3)31)9-11-27(20,4)23(22)10-12-28(24,26)5/h17-18,20-26,30H,6-16H2,1-5H3/t17-,18+,20+,21-,22?,23?,24?,25+,26+,27+,28+,29-/m1/s1. The lowest BCUT2D eigenvalue weighted by atomic mass is 9.44. The number of hydrogen-bond acceptors (Lipinski definition) is 4. The Hall–Kier alpha value is -0.610. The van der Waals surface area contributed by atoms with Crippen molar-refractivity contribution in [2.75, 3.05) is 6.54 Å². The zero-order valence-electron chi connectivity index (χ0n) is 21.7. The molecule has 2 heterocycles. The Morgan fingerprint density at radius 1 is 0.939 bits per heavy atom. The predicted octanol–water partition coefficient (Wildman–Crippen LogP) is 5.94. The number of carbonyl (C=O) groups excluding carboxylic acids is 1. The van der Waals surface area contributed by atoms with Gasteiger partial charge in [-0.05, 0) is 111 Å². The Labute approximate surface area is 201 Å². The number of piperidine rings is 1. The molecule has 1 spiro atoms. The fourth-order valence-corrected chi connectivity index (χ4v) is 10.8. The highest BCUT2D eigenvalue weighted by Crippen LogP contribution is 2.71. The topological polar surface area (TPSA) is 47.6 Å². The smallest absolute Gasteiger partial charge is 0.302 e. The highest BCUT2D eigenvalue weighted by molar-refractivity contribution is 5.66. The first-order chi connectivity index (χ1) is 15.7. The number of fused-ring (bicyclic) bond motifs is 7. The largest absolute Gasteiger partial charge is 0.463 e. The summed E-state index contributed by atoms with van der Waals surface area (Å²) in [5, 5.41) is 3.89. The minimum atomic E-state index is -0.1000. The maximum Gasteiger partial charge on any atom is 0.302 e. The summed E-state index contributed by atoms with van der Waals surface area (Å²) in [7, 11) is 0. The molecule has 12 atom stereocenters. The average Bonchev–Trinajstić information content (AvgIpc) is 3.21. The normalized spacial score (nSPS) is 57.7. The van der Waals surface area contributed by atoms with Crippen molar-refractivity contribution in [3.8, 4) is 0 Å². The number of esters is 1. The van der Waals surface area contributed by atoms with E-state index in [1.807, 2.05) is 0 Å². The van der Waals surface area contributed by atoms with Gasteiger partial charge in [0.15, 0.2) is 0 Å². The molecule has 4 nitrogen and oxygen atoms in total. The molecule has 6 fully saturated rings. The van der Waals surface area contributed by atoms with Crippen LogP contribution in [0.3, 0.4) is 0 Å². The van der Waals surface area contributed by atoms with E-state index in [4.69, 9.17) is 9.47 Å². The van der Waals surface area contributed by atoms with Gasteiger partial charge in [0.1, 0.15) is 11.8 Å². The van der Waals surface area contributed by atoms with Gasteiger partial charge in [0.05, 0.1) is 6.10 Å². The van der Waals surface area contributed by atoms with Crippen molar-refractivity contribution < 1.29 is 14.3 Å². The Bertz CT molecular complexity index is 790. The van der Waals surface area contributed by atoms with Crippen LogP contribution in [0.15, 0.2) is 0 Å². The van der Waals surface area contributed by atoms with Crippen molar-refractivity contribution in [3.63, 3.8) is 0 Å². The number of nitrogens with one attached hydrogen (secondary N) is 1. The van der Waals surface area contributed by atoms with Crippen LogP contribution in [0, 0.1) is 52.3 Å². The number of hydrogen-bond donors (Lipinski definition) is 1. The monoisotopic (exact) mass is 457 g/mol. The van der Waals surface area contributed by atoms with Crippen LogP contribution in [0.25, 0.3) is 0 Å². The molecule has 1 N–H and O–H groups in total. The molecule has 2 aliphatic heterocycles. The van der Waals surface area contributed by atoms with Gasteiger partial charge in [-0.3, -0.25) is 10.1 Å². The highest BCUT2D eigenvalue weighted by atomic mass is 16.5. The second-order valence-corrected chi connectivity index (χ2v) is 13.8. The van der Waals surface area contributed by atoms with Crippen molar-refractivity contribution >= 4 is 5.97 Å². The quantitative estimate of drug-likeness (QED) is 0.495. The summed E-state index contributed by atoms with van der Waals surface area (Å²) in [6, 6.07) is 0. The second kappa shape index (κ2) is 7.69. The van der Waals surface area contributed by atoms with E-state index in [-0.39, 0.29) is 17.8 Å². The number of ether oxygens (including phenoxy) is 2. The summed E-state index contributed by atoms with van der Waals surface area (Å²) in [4.78, 5) is 11.6. The molecule has 0 aromatic heterocycles. The van der Waals surface area contributed by atoms with Gasteiger partial charge in [0.25, 0.3) is 0 Å². The molecule has 0 radical (unpaired) electrons. The van der Waals surface area contributed by atoms with Crippen LogP contribution in [-0.2, 0) is 14.3 Å². The van der Waals surface area contributed by atoms with E-state index in [1.54, 1.807) is 6.92 Å². The van der Waals surface area contributed by atoms with E-state index in [0.29, 0.717) is 22.9 Å². The van der Waals surface area contributed by atoms with Crippen LogP contribution >= 0.6 is 0 Å². The fraction of sp³-hybridized carbons (Fsp3) is 0.966. The Kier molecular flexibility index (Phi) is 5.32. The summed E-state index contributed by atoms with van der Waals surface area (Å²) in [5.41, 5.74) is 0.830. The zero-order valence-corrected chi connectivity index (χ0v) is 21.7. The van der Waals surface area contributed by atoms with Crippen LogP contribution in [0.1, 0.15) is 98.8 Å². The lowest BCUT2D eigenvalue weighted by Gasteiger charge is -2.61. The Balaban J connectivity index is 1.21. The second-order valence-electron chi connectivity index (χ2n) is 13.8. The molecule has 4 saturated carbocycles. The maximum absolute atomic E-state index is 11.6. The van der Waals surface area contributed by atoms with E-state index in [1.165, 1.54) is 51.4 Å². The van der Waals surface area contributed by atoms with Gasteiger partial charge in [-0.2, -0.15) is 0 Å².